The van der Waals surface area contributed by atoms with E-state index in [-0.39, 0.29) is 0 Å². The second-order valence-electron chi connectivity index (χ2n) is 2.42. The third-order valence-corrected chi connectivity index (χ3v) is 2.02. The minimum Gasteiger partial charge on any atom is -0.387 e. The minimum absolute atomic E-state index is 0.798. The van der Waals surface area contributed by atoms with Gasteiger partial charge in [0.1, 0.15) is 0 Å². The second-order valence-corrected chi connectivity index (χ2v) is 2.82. The highest BCUT2D eigenvalue weighted by Gasteiger charge is 1.97. The Hall–Kier alpha value is -0.690. The Bertz CT molecular complexity index is 245. The first kappa shape index (κ1) is 8.41. The van der Waals surface area contributed by atoms with E-state index < -0.39 is 0 Å². The van der Waals surface area contributed by atoms with Gasteiger partial charge in [-0.05, 0) is 24.1 Å². The summed E-state index contributed by atoms with van der Waals surface area (Å²) in [5.74, 6) is 0. The lowest BCUT2D eigenvalue weighted by Gasteiger charge is -2.04. The topological polar surface area (TPSA) is 12.0 Å². The van der Waals surface area contributed by atoms with Crippen LogP contribution in [0.25, 0.3) is 0 Å². The number of aryl methyl sites for hydroxylation is 1. The van der Waals surface area contributed by atoms with Gasteiger partial charge < -0.3 is 5.32 Å². The monoisotopic (exact) mass is 169 g/mol. The molecule has 0 spiro atoms. The second kappa shape index (κ2) is 3.63. The summed E-state index contributed by atoms with van der Waals surface area (Å²) in [7, 11) is 1.87. The summed E-state index contributed by atoms with van der Waals surface area (Å²) in [6, 6.07) is 6.08. The highest BCUT2D eigenvalue weighted by atomic mass is 35.5. The van der Waals surface area contributed by atoms with Gasteiger partial charge in [0, 0.05) is 7.05 Å². The average molecular weight is 170 g/mol. The molecule has 0 aliphatic rings. The maximum Gasteiger partial charge on any atom is 0.0640 e. The van der Waals surface area contributed by atoms with Crippen LogP contribution in [0.15, 0.2) is 18.2 Å². The number of halogens is 1. The molecule has 0 saturated heterocycles. The first-order valence-corrected chi connectivity index (χ1v) is 4.12. The van der Waals surface area contributed by atoms with Crippen LogP contribution in [0.3, 0.4) is 0 Å². The van der Waals surface area contributed by atoms with Gasteiger partial charge in [-0.25, -0.2) is 0 Å². The zero-order valence-electron chi connectivity index (χ0n) is 6.82. The molecule has 0 bridgehead atoms. The molecule has 1 rings (SSSR count). The maximum atomic E-state index is 5.95. The van der Waals surface area contributed by atoms with Gasteiger partial charge >= 0.3 is 0 Å². The molecule has 11 heavy (non-hydrogen) atoms. The van der Waals surface area contributed by atoms with Crippen molar-refractivity contribution in [3.63, 3.8) is 0 Å². The van der Waals surface area contributed by atoms with Gasteiger partial charge in [0.25, 0.3) is 0 Å². The zero-order valence-corrected chi connectivity index (χ0v) is 7.57. The lowest BCUT2D eigenvalue weighted by atomic mass is 10.1. The average Bonchev–Trinajstić information content (AvgIpc) is 2.04. The van der Waals surface area contributed by atoms with E-state index in [0.717, 1.165) is 17.1 Å². The van der Waals surface area contributed by atoms with Gasteiger partial charge in [-0.2, -0.15) is 0 Å². The van der Waals surface area contributed by atoms with Crippen LogP contribution in [0.2, 0.25) is 5.02 Å². The highest BCUT2D eigenvalue weighted by molar-refractivity contribution is 6.33. The quantitative estimate of drug-likeness (QED) is 0.718. The molecule has 0 aliphatic heterocycles. The molecule has 1 N–H and O–H groups in total. The summed E-state index contributed by atoms with van der Waals surface area (Å²) in [5, 5.41) is 3.81. The molecule has 2 heteroatoms. The van der Waals surface area contributed by atoms with Crippen LogP contribution in [0.5, 0.6) is 0 Å². The smallest absolute Gasteiger partial charge is 0.0640 e. The fourth-order valence-electron chi connectivity index (χ4n) is 0.981. The van der Waals surface area contributed by atoms with Gasteiger partial charge in [0.05, 0.1) is 10.7 Å². The molecule has 60 valence electrons. The highest BCUT2D eigenvalue weighted by Crippen LogP contribution is 2.22. The van der Waals surface area contributed by atoms with Crippen molar-refractivity contribution in [2.75, 3.05) is 12.4 Å². The van der Waals surface area contributed by atoms with Crippen LogP contribution in [-0.2, 0) is 6.42 Å². The predicted molar refractivity (Wildman–Crippen MR) is 50.4 cm³/mol. The first-order chi connectivity index (χ1) is 5.27. The third-order valence-electron chi connectivity index (χ3n) is 1.71. The summed E-state index contributed by atoms with van der Waals surface area (Å²) in [6.45, 7) is 2.12. The van der Waals surface area contributed by atoms with Crippen molar-refractivity contribution in [2.24, 2.45) is 0 Å². The number of anilines is 1. The van der Waals surface area contributed by atoms with Gasteiger partial charge in [-0.3, -0.25) is 0 Å². The van der Waals surface area contributed by atoms with Crippen LogP contribution < -0.4 is 5.32 Å². The fraction of sp³-hybridized carbons (Fsp3) is 0.333. The molecule has 0 radical (unpaired) electrons. The van der Waals surface area contributed by atoms with E-state index in [1.165, 1.54) is 5.56 Å². The third kappa shape index (κ3) is 1.87. The van der Waals surface area contributed by atoms with Crippen molar-refractivity contribution in [1.29, 1.82) is 0 Å². The normalized spacial score (nSPS) is 9.73. The number of nitrogens with one attached hydrogen (secondary N) is 1. The summed E-state index contributed by atoms with van der Waals surface area (Å²) in [6.07, 6.45) is 1.03. The molecule has 0 amide bonds. The lowest BCUT2D eigenvalue weighted by molar-refractivity contribution is 1.14. The summed E-state index contributed by atoms with van der Waals surface area (Å²) >= 11 is 5.95. The fourth-order valence-corrected chi connectivity index (χ4v) is 1.28. The Morgan fingerprint density at radius 2 is 2.18 bits per heavy atom. The minimum atomic E-state index is 0.798. The number of hydrogen-bond donors (Lipinski definition) is 1. The van der Waals surface area contributed by atoms with E-state index in [1.807, 2.05) is 19.2 Å². The van der Waals surface area contributed by atoms with E-state index in [0.29, 0.717) is 0 Å². The number of rotatable bonds is 2. The molecule has 0 aromatic heterocycles. The van der Waals surface area contributed by atoms with E-state index in [1.54, 1.807) is 0 Å². The van der Waals surface area contributed by atoms with E-state index in [9.17, 15) is 0 Å². The Morgan fingerprint density at radius 1 is 1.45 bits per heavy atom. The van der Waals surface area contributed by atoms with Crippen molar-refractivity contribution < 1.29 is 0 Å². The predicted octanol–water partition coefficient (Wildman–Crippen LogP) is 2.94. The number of hydrogen-bond acceptors (Lipinski definition) is 1. The van der Waals surface area contributed by atoms with Crippen molar-refractivity contribution in [1.82, 2.24) is 0 Å². The summed E-state index contributed by atoms with van der Waals surface area (Å²) in [5.41, 5.74) is 2.26. The first-order valence-electron chi connectivity index (χ1n) is 3.74. The molecule has 1 nitrogen and oxygen atoms in total. The zero-order chi connectivity index (χ0) is 8.27. The van der Waals surface area contributed by atoms with Crippen molar-refractivity contribution >= 4 is 17.3 Å². The summed E-state index contributed by atoms with van der Waals surface area (Å²) < 4.78 is 0. The maximum absolute atomic E-state index is 5.95. The molecule has 0 heterocycles. The molecule has 0 atom stereocenters. The van der Waals surface area contributed by atoms with E-state index >= 15 is 0 Å². The van der Waals surface area contributed by atoms with Crippen molar-refractivity contribution in [3.8, 4) is 0 Å². The van der Waals surface area contributed by atoms with Gasteiger partial charge in [0.15, 0.2) is 0 Å². The molecular formula is C9H12ClN. The molecule has 1 aromatic carbocycles. The Labute approximate surface area is 72.4 Å². The van der Waals surface area contributed by atoms with Crippen LogP contribution in [0, 0.1) is 0 Å². The molecule has 1 aromatic rings. The van der Waals surface area contributed by atoms with Gasteiger partial charge in [-0.1, -0.05) is 24.6 Å². The van der Waals surface area contributed by atoms with Gasteiger partial charge in [0.2, 0.25) is 0 Å². The molecule has 0 aliphatic carbocycles. The van der Waals surface area contributed by atoms with Gasteiger partial charge in [-0.15, -0.1) is 0 Å². The van der Waals surface area contributed by atoms with Crippen molar-refractivity contribution in [2.45, 2.75) is 13.3 Å². The summed E-state index contributed by atoms with van der Waals surface area (Å²) in [4.78, 5) is 0. The Morgan fingerprint density at radius 3 is 2.64 bits per heavy atom. The largest absolute Gasteiger partial charge is 0.387 e. The Kier molecular flexibility index (Phi) is 2.77. The molecule has 0 unspecified atom stereocenters. The van der Waals surface area contributed by atoms with Crippen LogP contribution >= 0.6 is 11.6 Å². The van der Waals surface area contributed by atoms with Crippen LogP contribution in [0.4, 0.5) is 5.69 Å². The lowest BCUT2D eigenvalue weighted by Crippen LogP contribution is -1.89. The standard InChI is InChI=1S/C9H12ClN/c1-3-7-4-5-9(11-2)8(10)6-7/h4-6,11H,3H2,1-2H3. The van der Waals surface area contributed by atoms with E-state index in [4.69, 9.17) is 11.6 Å². The SMILES string of the molecule is CCc1ccc(NC)c(Cl)c1. The van der Waals surface area contributed by atoms with Crippen LogP contribution in [-0.4, -0.2) is 7.05 Å². The number of benzene rings is 1. The molecule has 0 saturated carbocycles. The molecule has 0 fully saturated rings. The molecular weight excluding hydrogens is 158 g/mol. The van der Waals surface area contributed by atoms with E-state index in [2.05, 4.69) is 18.3 Å². The van der Waals surface area contributed by atoms with Crippen molar-refractivity contribution in [3.05, 3.63) is 28.8 Å². The van der Waals surface area contributed by atoms with Crippen LogP contribution in [0.1, 0.15) is 12.5 Å². The Balaban J connectivity index is 2.99.